The van der Waals surface area contributed by atoms with Crippen LogP contribution in [0.5, 0.6) is 0 Å². The van der Waals surface area contributed by atoms with E-state index in [1.54, 1.807) is 0 Å². The molecular formula is C12H19N3O. The first kappa shape index (κ1) is 11.4. The highest BCUT2D eigenvalue weighted by atomic mass is 16.3. The zero-order valence-corrected chi connectivity index (χ0v) is 9.63. The predicted octanol–water partition coefficient (Wildman–Crippen LogP) is 0.920. The van der Waals surface area contributed by atoms with Crippen molar-refractivity contribution in [2.24, 2.45) is 11.7 Å². The Kier molecular flexibility index (Phi) is 3.41. The molecule has 88 valence electrons. The second kappa shape index (κ2) is 4.80. The summed E-state index contributed by atoms with van der Waals surface area (Å²) in [6.07, 6.45) is 2.89. The molecule has 1 saturated heterocycles. The summed E-state index contributed by atoms with van der Waals surface area (Å²) < 4.78 is 0. The minimum atomic E-state index is 0.0327. The maximum Gasteiger partial charge on any atom is 0.128 e. The molecule has 4 nitrogen and oxygen atoms in total. The number of pyridine rings is 1. The van der Waals surface area contributed by atoms with E-state index in [1.165, 1.54) is 0 Å². The Labute approximate surface area is 96.1 Å². The molecule has 2 rings (SSSR count). The Morgan fingerprint density at radius 2 is 2.44 bits per heavy atom. The number of hydrogen-bond donors (Lipinski definition) is 2. The van der Waals surface area contributed by atoms with Crippen molar-refractivity contribution in [2.45, 2.75) is 19.4 Å². The molecule has 2 atom stereocenters. The first-order valence-corrected chi connectivity index (χ1v) is 5.78. The lowest BCUT2D eigenvalue weighted by molar-refractivity contribution is 0.238. The van der Waals surface area contributed by atoms with Crippen molar-refractivity contribution in [3.8, 4) is 0 Å². The lowest BCUT2D eigenvalue weighted by atomic mass is 10.1. The van der Waals surface area contributed by atoms with Crippen molar-refractivity contribution in [1.29, 1.82) is 0 Å². The third-order valence-corrected chi connectivity index (χ3v) is 3.16. The van der Waals surface area contributed by atoms with Gasteiger partial charge in [-0.25, -0.2) is 4.98 Å². The van der Waals surface area contributed by atoms with Gasteiger partial charge in [0.15, 0.2) is 0 Å². The molecule has 1 aliphatic heterocycles. The van der Waals surface area contributed by atoms with Gasteiger partial charge in [-0.2, -0.15) is 0 Å². The van der Waals surface area contributed by atoms with Gasteiger partial charge in [0.05, 0.1) is 0 Å². The fraction of sp³-hybridized carbons (Fsp3) is 0.583. The van der Waals surface area contributed by atoms with E-state index < -0.39 is 0 Å². The molecule has 1 aromatic rings. The van der Waals surface area contributed by atoms with E-state index in [9.17, 15) is 0 Å². The van der Waals surface area contributed by atoms with Crippen LogP contribution in [0.4, 0.5) is 5.82 Å². The van der Waals surface area contributed by atoms with Crippen LogP contribution < -0.4 is 10.6 Å². The second-order valence-electron chi connectivity index (χ2n) is 4.52. The topological polar surface area (TPSA) is 62.4 Å². The Morgan fingerprint density at radius 3 is 2.94 bits per heavy atom. The van der Waals surface area contributed by atoms with E-state index in [4.69, 9.17) is 10.8 Å². The van der Waals surface area contributed by atoms with E-state index in [1.807, 2.05) is 25.3 Å². The summed E-state index contributed by atoms with van der Waals surface area (Å²) in [5, 5.41) is 9.08. The third kappa shape index (κ3) is 2.33. The van der Waals surface area contributed by atoms with Gasteiger partial charge >= 0.3 is 0 Å². The van der Waals surface area contributed by atoms with Gasteiger partial charge < -0.3 is 15.7 Å². The minimum absolute atomic E-state index is 0.0327. The SMILES string of the molecule is CC(N)c1ccc(N2CCC(CO)C2)nc1. The minimum Gasteiger partial charge on any atom is -0.396 e. The fourth-order valence-corrected chi connectivity index (χ4v) is 2.04. The molecular weight excluding hydrogens is 202 g/mol. The van der Waals surface area contributed by atoms with Crippen LogP contribution >= 0.6 is 0 Å². The Hall–Kier alpha value is -1.13. The normalized spacial score (nSPS) is 22.4. The summed E-state index contributed by atoms with van der Waals surface area (Å²) in [5.41, 5.74) is 6.83. The Balaban J connectivity index is 2.05. The van der Waals surface area contributed by atoms with Crippen LogP contribution in [-0.4, -0.2) is 29.8 Å². The average molecular weight is 221 g/mol. The molecule has 0 radical (unpaired) electrons. The van der Waals surface area contributed by atoms with Gasteiger partial charge in [-0.1, -0.05) is 6.07 Å². The number of rotatable bonds is 3. The number of nitrogens with two attached hydrogens (primary N) is 1. The molecule has 1 aromatic heterocycles. The Bertz CT molecular complexity index is 337. The van der Waals surface area contributed by atoms with Crippen molar-refractivity contribution in [1.82, 2.24) is 4.98 Å². The Morgan fingerprint density at radius 1 is 1.62 bits per heavy atom. The van der Waals surface area contributed by atoms with Crippen molar-refractivity contribution >= 4 is 5.82 Å². The molecule has 2 unspecified atom stereocenters. The highest BCUT2D eigenvalue weighted by Gasteiger charge is 2.22. The summed E-state index contributed by atoms with van der Waals surface area (Å²) in [6, 6.07) is 4.07. The molecule has 0 saturated carbocycles. The highest BCUT2D eigenvalue weighted by Crippen LogP contribution is 2.22. The third-order valence-electron chi connectivity index (χ3n) is 3.16. The number of aliphatic hydroxyl groups is 1. The molecule has 1 aliphatic rings. The lowest BCUT2D eigenvalue weighted by Crippen LogP contribution is -2.21. The number of anilines is 1. The maximum atomic E-state index is 9.08. The van der Waals surface area contributed by atoms with Crippen molar-refractivity contribution in [2.75, 3.05) is 24.6 Å². The van der Waals surface area contributed by atoms with Gasteiger partial charge in [-0.05, 0) is 25.0 Å². The largest absolute Gasteiger partial charge is 0.396 e. The van der Waals surface area contributed by atoms with E-state index >= 15 is 0 Å². The first-order valence-electron chi connectivity index (χ1n) is 5.78. The van der Waals surface area contributed by atoms with E-state index in [0.717, 1.165) is 30.9 Å². The highest BCUT2D eigenvalue weighted by molar-refractivity contribution is 5.40. The van der Waals surface area contributed by atoms with E-state index in [2.05, 4.69) is 9.88 Å². The van der Waals surface area contributed by atoms with Gasteiger partial charge in [0, 0.05) is 37.9 Å². The first-order chi connectivity index (χ1) is 7.70. The molecule has 0 aromatic carbocycles. The number of aromatic nitrogens is 1. The van der Waals surface area contributed by atoms with Crippen LogP contribution in [0.15, 0.2) is 18.3 Å². The molecule has 2 heterocycles. The van der Waals surface area contributed by atoms with Crippen LogP contribution in [0.1, 0.15) is 24.9 Å². The van der Waals surface area contributed by atoms with E-state index in [0.29, 0.717) is 5.92 Å². The van der Waals surface area contributed by atoms with Gasteiger partial charge in [-0.3, -0.25) is 0 Å². The standard InChI is InChI=1S/C12H19N3O/c1-9(13)11-2-3-12(14-6-11)15-5-4-10(7-15)8-16/h2-3,6,9-10,16H,4-5,7-8,13H2,1H3. The molecule has 0 amide bonds. The molecule has 3 N–H and O–H groups in total. The zero-order chi connectivity index (χ0) is 11.5. The molecule has 0 bridgehead atoms. The van der Waals surface area contributed by atoms with Crippen molar-refractivity contribution in [3.63, 3.8) is 0 Å². The lowest BCUT2D eigenvalue weighted by Gasteiger charge is -2.17. The summed E-state index contributed by atoms with van der Waals surface area (Å²) in [5.74, 6) is 1.38. The number of hydrogen-bond acceptors (Lipinski definition) is 4. The quantitative estimate of drug-likeness (QED) is 0.796. The fourth-order valence-electron chi connectivity index (χ4n) is 2.04. The van der Waals surface area contributed by atoms with Crippen LogP contribution in [0.2, 0.25) is 0 Å². The maximum absolute atomic E-state index is 9.08. The number of nitrogens with zero attached hydrogens (tertiary/aromatic N) is 2. The molecule has 16 heavy (non-hydrogen) atoms. The van der Waals surface area contributed by atoms with Crippen LogP contribution in [0.25, 0.3) is 0 Å². The molecule has 0 spiro atoms. The second-order valence-corrected chi connectivity index (χ2v) is 4.52. The summed E-state index contributed by atoms with van der Waals surface area (Å²) in [4.78, 5) is 6.63. The van der Waals surface area contributed by atoms with E-state index in [-0.39, 0.29) is 12.6 Å². The molecule has 0 aliphatic carbocycles. The monoisotopic (exact) mass is 221 g/mol. The predicted molar refractivity (Wildman–Crippen MR) is 64.2 cm³/mol. The van der Waals surface area contributed by atoms with Gasteiger partial charge in [0.25, 0.3) is 0 Å². The molecule has 4 heteroatoms. The summed E-state index contributed by atoms with van der Waals surface area (Å²) >= 11 is 0. The van der Waals surface area contributed by atoms with Crippen molar-refractivity contribution < 1.29 is 5.11 Å². The van der Waals surface area contributed by atoms with Gasteiger partial charge in [0.2, 0.25) is 0 Å². The van der Waals surface area contributed by atoms with Crippen LogP contribution in [0.3, 0.4) is 0 Å². The summed E-state index contributed by atoms with van der Waals surface area (Å²) in [6.45, 7) is 4.11. The summed E-state index contributed by atoms with van der Waals surface area (Å²) in [7, 11) is 0. The van der Waals surface area contributed by atoms with Crippen LogP contribution in [0, 0.1) is 5.92 Å². The van der Waals surface area contributed by atoms with Gasteiger partial charge in [-0.15, -0.1) is 0 Å². The smallest absolute Gasteiger partial charge is 0.128 e. The van der Waals surface area contributed by atoms with Crippen molar-refractivity contribution in [3.05, 3.63) is 23.9 Å². The molecule has 1 fully saturated rings. The number of aliphatic hydroxyl groups excluding tert-OH is 1. The average Bonchev–Trinajstić information content (AvgIpc) is 2.77. The van der Waals surface area contributed by atoms with Crippen LogP contribution in [-0.2, 0) is 0 Å². The van der Waals surface area contributed by atoms with Gasteiger partial charge in [0.1, 0.15) is 5.82 Å². The zero-order valence-electron chi connectivity index (χ0n) is 9.63.